The summed E-state index contributed by atoms with van der Waals surface area (Å²) in [4.78, 5) is 0.443. The molecule has 1 saturated carbocycles. The Balaban J connectivity index is 2.06. The van der Waals surface area contributed by atoms with E-state index in [0.29, 0.717) is 11.3 Å². The van der Waals surface area contributed by atoms with Crippen LogP contribution in [0.2, 0.25) is 0 Å². The number of sulfone groups is 1. The minimum absolute atomic E-state index is 0.129. The summed E-state index contributed by atoms with van der Waals surface area (Å²) in [6, 6.07) is 7.61. The van der Waals surface area contributed by atoms with Gasteiger partial charge < -0.3 is 10.4 Å². The molecule has 1 aromatic rings. The molecule has 0 aliphatic heterocycles. The van der Waals surface area contributed by atoms with Crippen LogP contribution in [0.1, 0.15) is 57.6 Å². The maximum absolute atomic E-state index is 12.5. The molecule has 0 aromatic heterocycles. The first-order valence-electron chi connectivity index (χ1n) is 8.16. The van der Waals surface area contributed by atoms with E-state index in [0.717, 1.165) is 31.2 Å². The van der Waals surface area contributed by atoms with Crippen LogP contribution < -0.4 is 5.32 Å². The monoisotopic (exact) mass is 325 g/mol. The molecule has 1 unspecified atom stereocenters. The van der Waals surface area contributed by atoms with Crippen LogP contribution in [0, 0.1) is 0 Å². The lowest BCUT2D eigenvalue weighted by Gasteiger charge is -2.20. The fourth-order valence-corrected chi connectivity index (χ4v) is 4.99. The molecule has 124 valence electrons. The summed E-state index contributed by atoms with van der Waals surface area (Å²) in [5.41, 5.74) is 1.06. The topological polar surface area (TPSA) is 66.4 Å². The zero-order valence-corrected chi connectivity index (χ0v) is 14.3. The Morgan fingerprint density at radius 3 is 2.32 bits per heavy atom. The van der Waals surface area contributed by atoms with E-state index in [1.807, 2.05) is 26.0 Å². The number of nitrogens with one attached hydrogen (secondary N) is 1. The van der Waals surface area contributed by atoms with Gasteiger partial charge in [-0.15, -0.1) is 0 Å². The SMILES string of the molecule is CC(N[C@H](C)CCO)c1ccc(S(=O)(=O)C2CCCC2)cc1. The van der Waals surface area contributed by atoms with Crippen molar-refractivity contribution in [3.05, 3.63) is 29.8 Å². The number of aliphatic hydroxyl groups excluding tert-OH is 1. The number of aliphatic hydroxyl groups is 1. The summed E-state index contributed by atoms with van der Waals surface area (Å²) in [5.74, 6) is 0. The molecule has 1 aromatic carbocycles. The molecule has 0 spiro atoms. The van der Waals surface area contributed by atoms with Gasteiger partial charge in [-0.3, -0.25) is 0 Å². The first-order chi connectivity index (χ1) is 10.4. The normalized spacial score (nSPS) is 19.2. The Bertz CT molecular complexity index is 562. The Labute approximate surface area is 133 Å². The second-order valence-corrected chi connectivity index (χ2v) is 8.55. The highest BCUT2D eigenvalue weighted by molar-refractivity contribution is 7.92. The van der Waals surface area contributed by atoms with Crippen LogP contribution >= 0.6 is 0 Å². The summed E-state index contributed by atoms with van der Waals surface area (Å²) < 4.78 is 25.1. The minimum atomic E-state index is -3.17. The average Bonchev–Trinajstić information content (AvgIpc) is 3.02. The van der Waals surface area contributed by atoms with E-state index >= 15 is 0 Å². The summed E-state index contributed by atoms with van der Waals surface area (Å²) in [5, 5.41) is 12.1. The fraction of sp³-hybridized carbons (Fsp3) is 0.647. The molecule has 0 radical (unpaired) electrons. The second-order valence-electron chi connectivity index (χ2n) is 6.32. The Morgan fingerprint density at radius 2 is 1.77 bits per heavy atom. The summed E-state index contributed by atoms with van der Waals surface area (Å²) >= 11 is 0. The lowest BCUT2D eigenvalue weighted by molar-refractivity contribution is 0.264. The van der Waals surface area contributed by atoms with E-state index in [4.69, 9.17) is 5.11 Å². The molecule has 1 fully saturated rings. The maximum atomic E-state index is 12.5. The minimum Gasteiger partial charge on any atom is -0.396 e. The van der Waals surface area contributed by atoms with Crippen molar-refractivity contribution in [3.63, 3.8) is 0 Å². The van der Waals surface area contributed by atoms with E-state index in [2.05, 4.69) is 5.32 Å². The van der Waals surface area contributed by atoms with Crippen LogP contribution in [-0.4, -0.2) is 31.4 Å². The van der Waals surface area contributed by atoms with E-state index in [9.17, 15) is 8.42 Å². The lowest BCUT2D eigenvalue weighted by Crippen LogP contribution is -2.29. The number of benzene rings is 1. The number of hydrogen-bond donors (Lipinski definition) is 2. The Kier molecular flexibility index (Phi) is 6.01. The van der Waals surface area contributed by atoms with Gasteiger partial charge in [0.15, 0.2) is 9.84 Å². The van der Waals surface area contributed by atoms with Crippen molar-refractivity contribution in [2.75, 3.05) is 6.61 Å². The van der Waals surface area contributed by atoms with Crippen molar-refractivity contribution in [1.82, 2.24) is 5.32 Å². The highest BCUT2D eigenvalue weighted by Crippen LogP contribution is 2.30. The summed E-state index contributed by atoms with van der Waals surface area (Å²) in [6.07, 6.45) is 4.33. The summed E-state index contributed by atoms with van der Waals surface area (Å²) in [6.45, 7) is 4.25. The van der Waals surface area contributed by atoms with Gasteiger partial charge in [0, 0.05) is 18.7 Å². The number of hydrogen-bond acceptors (Lipinski definition) is 4. The molecule has 2 N–H and O–H groups in total. The van der Waals surface area contributed by atoms with Crippen LogP contribution in [0.4, 0.5) is 0 Å². The molecule has 0 bridgehead atoms. The zero-order valence-electron chi connectivity index (χ0n) is 13.5. The lowest BCUT2D eigenvalue weighted by atomic mass is 10.1. The van der Waals surface area contributed by atoms with E-state index in [1.54, 1.807) is 12.1 Å². The fourth-order valence-electron chi connectivity index (χ4n) is 3.14. The second kappa shape index (κ2) is 7.57. The average molecular weight is 325 g/mol. The molecule has 0 amide bonds. The molecule has 4 nitrogen and oxygen atoms in total. The van der Waals surface area contributed by atoms with Crippen molar-refractivity contribution in [3.8, 4) is 0 Å². The van der Waals surface area contributed by atoms with Gasteiger partial charge in [-0.05, 0) is 50.8 Å². The largest absolute Gasteiger partial charge is 0.396 e. The van der Waals surface area contributed by atoms with Crippen LogP contribution in [0.3, 0.4) is 0 Å². The van der Waals surface area contributed by atoms with Crippen LogP contribution in [-0.2, 0) is 9.84 Å². The third kappa shape index (κ3) is 4.09. The molecule has 5 heteroatoms. The van der Waals surface area contributed by atoms with Crippen LogP contribution in [0.15, 0.2) is 29.2 Å². The molecule has 1 aliphatic carbocycles. The van der Waals surface area contributed by atoms with Gasteiger partial charge in [0.25, 0.3) is 0 Å². The first kappa shape index (κ1) is 17.4. The molecular formula is C17H27NO3S. The summed E-state index contributed by atoms with van der Waals surface area (Å²) in [7, 11) is -3.17. The van der Waals surface area contributed by atoms with Crippen molar-refractivity contribution in [2.24, 2.45) is 0 Å². The van der Waals surface area contributed by atoms with Gasteiger partial charge in [0.1, 0.15) is 0 Å². The highest BCUT2D eigenvalue weighted by atomic mass is 32.2. The van der Waals surface area contributed by atoms with Crippen molar-refractivity contribution in [1.29, 1.82) is 0 Å². The predicted octanol–water partition coefficient (Wildman–Crippen LogP) is 2.82. The van der Waals surface area contributed by atoms with Gasteiger partial charge in [-0.25, -0.2) is 8.42 Å². The molecule has 0 heterocycles. The molecule has 22 heavy (non-hydrogen) atoms. The third-order valence-corrected chi connectivity index (χ3v) is 6.82. The van der Waals surface area contributed by atoms with Crippen molar-refractivity contribution < 1.29 is 13.5 Å². The molecule has 2 atom stereocenters. The quantitative estimate of drug-likeness (QED) is 0.809. The first-order valence-corrected chi connectivity index (χ1v) is 9.70. The van der Waals surface area contributed by atoms with Crippen LogP contribution in [0.25, 0.3) is 0 Å². The third-order valence-electron chi connectivity index (χ3n) is 4.55. The predicted molar refractivity (Wildman–Crippen MR) is 88.6 cm³/mol. The van der Waals surface area contributed by atoms with E-state index in [-0.39, 0.29) is 23.9 Å². The molecule has 0 saturated heterocycles. The van der Waals surface area contributed by atoms with Gasteiger partial charge in [-0.2, -0.15) is 0 Å². The van der Waals surface area contributed by atoms with E-state index in [1.165, 1.54) is 0 Å². The van der Waals surface area contributed by atoms with Crippen LogP contribution in [0.5, 0.6) is 0 Å². The van der Waals surface area contributed by atoms with E-state index < -0.39 is 9.84 Å². The van der Waals surface area contributed by atoms with Gasteiger partial charge in [-0.1, -0.05) is 25.0 Å². The van der Waals surface area contributed by atoms with Crippen molar-refractivity contribution in [2.45, 2.75) is 68.2 Å². The standard InChI is InChI=1S/C17H27NO3S/c1-13(11-12-19)18-14(2)15-7-9-17(10-8-15)22(20,21)16-5-3-4-6-16/h7-10,13-14,16,18-19H,3-6,11-12H2,1-2H3/t13-,14?/m1/s1. The molecule has 2 rings (SSSR count). The zero-order chi connectivity index (χ0) is 16.2. The molecular weight excluding hydrogens is 298 g/mol. The van der Waals surface area contributed by atoms with Gasteiger partial charge in [0.2, 0.25) is 0 Å². The smallest absolute Gasteiger partial charge is 0.181 e. The van der Waals surface area contributed by atoms with Gasteiger partial charge in [0.05, 0.1) is 10.1 Å². The maximum Gasteiger partial charge on any atom is 0.181 e. The van der Waals surface area contributed by atoms with Gasteiger partial charge >= 0.3 is 0 Å². The van der Waals surface area contributed by atoms with Crippen molar-refractivity contribution >= 4 is 9.84 Å². The highest BCUT2D eigenvalue weighted by Gasteiger charge is 2.30. The Morgan fingerprint density at radius 1 is 1.18 bits per heavy atom. The molecule has 1 aliphatic rings. The Hall–Kier alpha value is -0.910. The number of rotatable bonds is 7.